The van der Waals surface area contributed by atoms with Gasteiger partial charge in [-0.05, 0) is 35.6 Å². The Labute approximate surface area is 141 Å². The van der Waals surface area contributed by atoms with Crippen LogP contribution in [0.2, 0.25) is 0 Å². The molecule has 0 radical (unpaired) electrons. The fourth-order valence-corrected chi connectivity index (χ4v) is 3.66. The third-order valence-corrected chi connectivity index (χ3v) is 5.17. The van der Waals surface area contributed by atoms with Crippen LogP contribution in [0, 0.1) is 0 Å². The Morgan fingerprint density at radius 3 is 2.87 bits per heavy atom. The maximum atomic E-state index is 12.7. The third-order valence-electron chi connectivity index (χ3n) is 4.23. The summed E-state index contributed by atoms with van der Waals surface area (Å²) < 4.78 is 5.22. The van der Waals surface area contributed by atoms with Crippen molar-refractivity contribution < 1.29 is 9.53 Å². The van der Waals surface area contributed by atoms with Crippen LogP contribution in [0.25, 0.3) is 0 Å². The summed E-state index contributed by atoms with van der Waals surface area (Å²) in [5.41, 5.74) is 1.16. The first-order valence-corrected chi connectivity index (χ1v) is 8.82. The molecule has 5 heteroatoms. The number of amides is 1. The highest BCUT2D eigenvalue weighted by molar-refractivity contribution is 7.09. The highest BCUT2D eigenvalue weighted by Gasteiger charge is 2.27. The maximum absolute atomic E-state index is 12.7. The van der Waals surface area contributed by atoms with Crippen molar-refractivity contribution in [2.75, 3.05) is 26.7 Å². The number of thiophene rings is 1. The summed E-state index contributed by atoms with van der Waals surface area (Å²) in [7, 11) is 1.66. The largest absolute Gasteiger partial charge is 0.497 e. The Balaban J connectivity index is 1.68. The van der Waals surface area contributed by atoms with Crippen LogP contribution in [0.15, 0.2) is 41.8 Å². The lowest BCUT2D eigenvalue weighted by Crippen LogP contribution is -2.48. The van der Waals surface area contributed by atoms with Crippen LogP contribution in [0.1, 0.15) is 22.9 Å². The van der Waals surface area contributed by atoms with E-state index >= 15 is 0 Å². The smallest absolute Gasteiger partial charge is 0.223 e. The molecule has 0 unspecified atom stereocenters. The highest BCUT2D eigenvalue weighted by Crippen LogP contribution is 2.25. The standard InChI is InChI=1S/C18H22N2O2S/c1-22-15-6-4-14(5-7-15)17-13-19-10-11-20(17)18(21)9-8-16-3-2-12-23-16/h2-7,12,17,19H,8-11,13H2,1H3/t17-/m1/s1. The van der Waals surface area contributed by atoms with Crippen LogP contribution in [0.4, 0.5) is 0 Å². The van der Waals surface area contributed by atoms with Crippen LogP contribution >= 0.6 is 11.3 Å². The summed E-state index contributed by atoms with van der Waals surface area (Å²) in [4.78, 5) is 16.0. The first-order chi connectivity index (χ1) is 11.3. The predicted molar refractivity (Wildman–Crippen MR) is 93.0 cm³/mol. The zero-order valence-electron chi connectivity index (χ0n) is 13.3. The number of methoxy groups -OCH3 is 1. The van der Waals surface area contributed by atoms with Crippen molar-refractivity contribution in [3.05, 3.63) is 52.2 Å². The van der Waals surface area contributed by atoms with Gasteiger partial charge in [-0.15, -0.1) is 11.3 Å². The summed E-state index contributed by atoms with van der Waals surface area (Å²) in [6, 6.07) is 12.2. The quantitative estimate of drug-likeness (QED) is 0.916. The van der Waals surface area contributed by atoms with Crippen molar-refractivity contribution in [2.24, 2.45) is 0 Å². The number of carbonyl (C=O) groups is 1. The molecule has 1 N–H and O–H groups in total. The Kier molecular flexibility index (Phi) is 5.31. The molecule has 0 spiro atoms. The number of carbonyl (C=O) groups excluding carboxylic acids is 1. The Bertz CT molecular complexity index is 625. The van der Waals surface area contributed by atoms with E-state index in [0.29, 0.717) is 6.42 Å². The van der Waals surface area contributed by atoms with Gasteiger partial charge in [-0.3, -0.25) is 4.79 Å². The average Bonchev–Trinajstić information content (AvgIpc) is 3.13. The summed E-state index contributed by atoms with van der Waals surface area (Å²) in [6.45, 7) is 2.43. The minimum absolute atomic E-state index is 0.102. The number of ether oxygens (including phenoxy) is 1. The molecule has 4 nitrogen and oxygen atoms in total. The summed E-state index contributed by atoms with van der Waals surface area (Å²) in [6.07, 6.45) is 1.41. The minimum Gasteiger partial charge on any atom is -0.497 e. The van der Waals surface area contributed by atoms with Crippen LogP contribution in [0.5, 0.6) is 5.75 Å². The Hall–Kier alpha value is -1.85. The molecule has 1 amide bonds. The van der Waals surface area contributed by atoms with E-state index < -0.39 is 0 Å². The van der Waals surface area contributed by atoms with Crippen molar-refractivity contribution in [1.29, 1.82) is 0 Å². The molecule has 1 aliphatic heterocycles. The molecule has 2 aromatic rings. The van der Waals surface area contributed by atoms with Gasteiger partial charge in [-0.2, -0.15) is 0 Å². The second kappa shape index (κ2) is 7.62. The Morgan fingerprint density at radius 2 is 2.17 bits per heavy atom. The number of benzene rings is 1. The van der Waals surface area contributed by atoms with E-state index in [1.54, 1.807) is 18.4 Å². The minimum atomic E-state index is 0.102. The number of piperazine rings is 1. The van der Waals surface area contributed by atoms with Crippen molar-refractivity contribution in [1.82, 2.24) is 10.2 Å². The number of nitrogens with zero attached hydrogens (tertiary/aromatic N) is 1. The molecular formula is C18H22N2O2S. The molecule has 3 rings (SSSR count). The van der Waals surface area contributed by atoms with Gasteiger partial charge < -0.3 is 15.0 Å². The molecule has 122 valence electrons. The SMILES string of the molecule is COc1ccc([C@H]2CNCCN2C(=O)CCc2cccs2)cc1. The van der Waals surface area contributed by atoms with Gasteiger partial charge in [0.25, 0.3) is 0 Å². The second-order valence-corrected chi connectivity index (χ2v) is 6.69. The molecular weight excluding hydrogens is 308 g/mol. The van der Waals surface area contributed by atoms with E-state index in [2.05, 4.69) is 28.9 Å². The van der Waals surface area contributed by atoms with E-state index in [-0.39, 0.29) is 11.9 Å². The zero-order valence-corrected chi connectivity index (χ0v) is 14.1. The summed E-state index contributed by atoms with van der Waals surface area (Å²) in [5, 5.41) is 5.45. The van der Waals surface area contributed by atoms with Crippen LogP contribution in [0.3, 0.4) is 0 Å². The lowest BCUT2D eigenvalue weighted by atomic mass is 10.0. The number of rotatable bonds is 5. The summed E-state index contributed by atoms with van der Waals surface area (Å²) in [5.74, 6) is 1.08. The molecule has 2 heterocycles. The number of aryl methyl sites for hydroxylation is 1. The van der Waals surface area contributed by atoms with Crippen LogP contribution in [-0.4, -0.2) is 37.6 Å². The lowest BCUT2D eigenvalue weighted by molar-refractivity contribution is -0.134. The molecule has 0 aliphatic carbocycles. The number of hydrogen-bond donors (Lipinski definition) is 1. The van der Waals surface area contributed by atoms with Gasteiger partial charge in [0.15, 0.2) is 0 Å². The van der Waals surface area contributed by atoms with Crippen LogP contribution < -0.4 is 10.1 Å². The van der Waals surface area contributed by atoms with Gasteiger partial charge >= 0.3 is 0 Å². The van der Waals surface area contributed by atoms with Gasteiger partial charge in [-0.1, -0.05) is 18.2 Å². The molecule has 23 heavy (non-hydrogen) atoms. The van der Waals surface area contributed by atoms with Gasteiger partial charge in [0.1, 0.15) is 5.75 Å². The average molecular weight is 330 g/mol. The first-order valence-electron chi connectivity index (χ1n) is 7.94. The molecule has 1 aromatic carbocycles. The van der Waals surface area contributed by atoms with E-state index in [9.17, 15) is 4.79 Å². The third kappa shape index (κ3) is 3.92. The zero-order chi connectivity index (χ0) is 16.1. The first kappa shape index (κ1) is 16.0. The molecule has 1 fully saturated rings. The number of hydrogen-bond acceptors (Lipinski definition) is 4. The van der Waals surface area contributed by atoms with Crippen molar-refractivity contribution in [3.8, 4) is 5.75 Å². The van der Waals surface area contributed by atoms with Crippen molar-refractivity contribution >= 4 is 17.2 Å². The van der Waals surface area contributed by atoms with Gasteiger partial charge in [0.2, 0.25) is 5.91 Å². The van der Waals surface area contributed by atoms with Gasteiger partial charge in [0, 0.05) is 30.9 Å². The normalized spacial score (nSPS) is 18.0. The van der Waals surface area contributed by atoms with Crippen molar-refractivity contribution in [3.63, 3.8) is 0 Å². The maximum Gasteiger partial charge on any atom is 0.223 e. The molecule has 1 aliphatic rings. The molecule has 1 atom stereocenters. The Morgan fingerprint density at radius 1 is 1.35 bits per heavy atom. The monoisotopic (exact) mass is 330 g/mol. The fraction of sp³-hybridized carbons (Fsp3) is 0.389. The second-order valence-electron chi connectivity index (χ2n) is 5.66. The van der Waals surface area contributed by atoms with Crippen molar-refractivity contribution in [2.45, 2.75) is 18.9 Å². The highest BCUT2D eigenvalue weighted by atomic mass is 32.1. The molecule has 1 aromatic heterocycles. The van der Waals surface area contributed by atoms with E-state index in [1.807, 2.05) is 23.1 Å². The van der Waals surface area contributed by atoms with E-state index in [1.165, 1.54) is 4.88 Å². The lowest BCUT2D eigenvalue weighted by Gasteiger charge is -2.36. The van der Waals surface area contributed by atoms with E-state index in [4.69, 9.17) is 4.74 Å². The molecule has 1 saturated heterocycles. The number of nitrogens with one attached hydrogen (secondary N) is 1. The van der Waals surface area contributed by atoms with Crippen LogP contribution in [-0.2, 0) is 11.2 Å². The predicted octanol–water partition coefficient (Wildman–Crippen LogP) is 2.86. The molecule has 0 saturated carbocycles. The van der Waals surface area contributed by atoms with Gasteiger partial charge in [0.05, 0.1) is 13.2 Å². The fourth-order valence-electron chi connectivity index (χ4n) is 2.96. The van der Waals surface area contributed by atoms with Gasteiger partial charge in [-0.25, -0.2) is 0 Å². The topological polar surface area (TPSA) is 41.6 Å². The summed E-state index contributed by atoms with van der Waals surface area (Å²) >= 11 is 1.72. The molecule has 0 bridgehead atoms. The van der Waals surface area contributed by atoms with E-state index in [0.717, 1.165) is 37.4 Å².